The number of nitrogens with one attached hydrogen (secondary N) is 1. The Balaban J connectivity index is 2.29. The van der Waals surface area contributed by atoms with Crippen molar-refractivity contribution >= 4 is 0 Å². The molecule has 2 aromatic carbocycles. The fraction of sp³-hybridized carbons (Fsp3) is 0.520. The predicted octanol–water partition coefficient (Wildman–Crippen LogP) is 4.11. The van der Waals surface area contributed by atoms with Gasteiger partial charge in [-0.1, -0.05) is 49.1 Å². The van der Waals surface area contributed by atoms with Crippen LogP contribution in [0, 0.1) is 0 Å². The Hall–Kier alpha value is -1.92. The minimum atomic E-state index is -4.25. The van der Waals surface area contributed by atoms with Gasteiger partial charge in [-0.05, 0) is 61.8 Å². The number of hydrogen-bond acceptors (Lipinski definition) is 5. The van der Waals surface area contributed by atoms with Crippen LogP contribution in [0.4, 0.5) is 0 Å². The third kappa shape index (κ3) is 9.72. The molecule has 0 bridgehead atoms. The van der Waals surface area contributed by atoms with E-state index in [1.165, 1.54) is 5.32 Å². The van der Waals surface area contributed by atoms with E-state index in [2.05, 4.69) is 0 Å². The van der Waals surface area contributed by atoms with Gasteiger partial charge in [0.25, 0.3) is 0 Å². The van der Waals surface area contributed by atoms with E-state index in [-0.39, 0.29) is 6.42 Å². The molecule has 166 valence electrons. The minimum Gasteiger partial charge on any atom is -0.508 e. The fourth-order valence-electron chi connectivity index (χ4n) is 2.39. The molecule has 0 aliphatic carbocycles. The Kier molecular flexibility index (Phi) is 5.06. The highest BCUT2D eigenvalue weighted by Crippen LogP contribution is 2.22. The van der Waals surface area contributed by atoms with Crippen LogP contribution >= 0.6 is 0 Å². The summed E-state index contributed by atoms with van der Waals surface area (Å²) in [6.45, 7) is -14.5. The van der Waals surface area contributed by atoms with Crippen LogP contribution in [-0.4, -0.2) is 41.5 Å². The highest BCUT2D eigenvalue weighted by molar-refractivity contribution is 5.36. The first kappa shape index (κ1) is 10.1. The monoisotopic (exact) mass is 431 g/mol. The van der Waals surface area contributed by atoms with E-state index in [1.807, 2.05) is 30.3 Å². The molecule has 0 fully saturated rings. The number of phenols is 1. The molecule has 0 heterocycles. The summed E-state index contributed by atoms with van der Waals surface area (Å²) in [4.78, 5) is 0. The van der Waals surface area contributed by atoms with E-state index < -0.39 is 81.2 Å². The number of aryl methyl sites for hydroxylation is 1. The van der Waals surface area contributed by atoms with Crippen LogP contribution < -0.4 is 5.32 Å². The number of aliphatic hydroxyl groups is 2. The largest absolute Gasteiger partial charge is 0.508 e. The number of unbranched alkanes of at least 4 members (excludes halogenated alkanes) is 1. The molecular formula is C25H37NO4. The van der Waals surface area contributed by atoms with Gasteiger partial charge in [0.05, 0.1) is 18.1 Å². The molecule has 5 nitrogen and oxygen atoms in total. The third-order valence-corrected chi connectivity index (χ3v) is 3.91. The summed E-state index contributed by atoms with van der Waals surface area (Å²) in [6.07, 6.45) is -17.7. The van der Waals surface area contributed by atoms with E-state index >= 15 is 0 Å². The molecule has 0 aliphatic rings. The van der Waals surface area contributed by atoms with Gasteiger partial charge in [-0.15, -0.1) is 0 Å². The first-order valence-corrected chi connectivity index (χ1v) is 9.28. The summed E-state index contributed by atoms with van der Waals surface area (Å²) in [5, 5.41) is 31.5. The Bertz CT molecular complexity index is 1320. The van der Waals surface area contributed by atoms with Crippen molar-refractivity contribution in [1.29, 1.82) is 0 Å². The van der Waals surface area contributed by atoms with E-state index in [1.54, 1.807) is 0 Å². The van der Waals surface area contributed by atoms with Gasteiger partial charge in [0.2, 0.25) is 0 Å². The fourth-order valence-corrected chi connectivity index (χ4v) is 2.39. The first-order valence-electron chi connectivity index (χ1n) is 17.3. The third-order valence-electron chi connectivity index (χ3n) is 3.91. The lowest BCUT2D eigenvalue weighted by atomic mass is 10.1. The second-order valence-electron chi connectivity index (χ2n) is 6.08. The lowest BCUT2D eigenvalue weighted by Gasteiger charge is -2.14. The topological polar surface area (TPSA) is 82.0 Å². The van der Waals surface area contributed by atoms with Crippen molar-refractivity contribution in [3.05, 3.63) is 65.2 Å². The lowest BCUT2D eigenvalue weighted by molar-refractivity contribution is 0.126. The molecule has 1 atom stereocenters. The molecule has 2 aromatic rings. The SMILES string of the molecule is [2H]C([2H])(O)c1cc(C(O)C([2H])([2H])NC([2H])([2H])C([2H])([2H])C([2H])([2H])C([2H])([2H])C([2H])([2H])C([2H])([2H])OCCCCc2ccccc2)ccc1O. The summed E-state index contributed by atoms with van der Waals surface area (Å²) < 4.78 is 134. The standard InChI is InChI=1S/C25H37NO4/c27-20-23-18-22(13-14-24(23)28)25(29)19-26-15-7-1-2-8-16-30-17-9-6-12-21-10-4-3-5-11-21/h3-5,10-11,13-14,18,25-29H,1-2,6-9,12,15-17,19-20H2/i1D2,2D2,7D2,8D2,15D2,16D2,19D2,20D2. The summed E-state index contributed by atoms with van der Waals surface area (Å²) in [5.74, 6) is -0.774. The maximum absolute atomic E-state index is 10.6. The molecule has 0 saturated carbocycles. The second kappa shape index (κ2) is 15.0. The Morgan fingerprint density at radius 3 is 2.60 bits per heavy atom. The molecule has 5 heteroatoms. The van der Waals surface area contributed by atoms with Gasteiger partial charge in [-0.3, -0.25) is 0 Å². The average Bonchev–Trinajstić information content (AvgIpc) is 2.91. The zero-order valence-corrected chi connectivity index (χ0v) is 16.3. The molecule has 4 N–H and O–H groups in total. The van der Waals surface area contributed by atoms with Crippen LogP contribution in [0.3, 0.4) is 0 Å². The molecule has 0 spiro atoms. The van der Waals surface area contributed by atoms with E-state index in [4.69, 9.17) is 26.7 Å². The van der Waals surface area contributed by atoms with Crippen LogP contribution in [0.1, 0.15) is 83.1 Å². The predicted molar refractivity (Wildman–Crippen MR) is 121 cm³/mol. The van der Waals surface area contributed by atoms with Crippen LogP contribution in [-0.2, 0) is 17.7 Å². The van der Waals surface area contributed by atoms with E-state index in [0.29, 0.717) is 18.9 Å². The molecule has 2 rings (SSSR count). The maximum atomic E-state index is 10.6. The number of hydrogen-bond donors (Lipinski definition) is 4. The van der Waals surface area contributed by atoms with Crippen LogP contribution in [0.5, 0.6) is 5.75 Å². The van der Waals surface area contributed by atoms with Gasteiger partial charge in [0.15, 0.2) is 0 Å². The zero-order valence-electron chi connectivity index (χ0n) is 32.3. The van der Waals surface area contributed by atoms with Crippen molar-refractivity contribution in [3.8, 4) is 5.75 Å². The summed E-state index contributed by atoms with van der Waals surface area (Å²) in [5.41, 5.74) is -0.353. The molecule has 0 aromatic heterocycles. The molecular weight excluding hydrogens is 378 g/mol. The van der Waals surface area contributed by atoms with Crippen molar-refractivity contribution in [2.24, 2.45) is 0 Å². The number of aromatic hydroxyl groups is 1. The summed E-state index contributed by atoms with van der Waals surface area (Å²) >= 11 is 0. The van der Waals surface area contributed by atoms with Crippen molar-refractivity contribution in [1.82, 2.24) is 5.32 Å². The quantitative estimate of drug-likeness (QED) is 0.301. The molecule has 0 radical (unpaired) electrons. The summed E-state index contributed by atoms with van der Waals surface area (Å²) in [7, 11) is 0. The van der Waals surface area contributed by atoms with Crippen LogP contribution in [0.25, 0.3) is 0 Å². The molecule has 1 unspecified atom stereocenters. The van der Waals surface area contributed by atoms with Gasteiger partial charge < -0.3 is 25.4 Å². The number of aliphatic hydroxyl groups excluding tert-OH is 1. The lowest BCUT2D eigenvalue weighted by Crippen LogP contribution is -2.22. The Labute approximate surface area is 203 Å². The Morgan fingerprint density at radius 1 is 1.00 bits per heavy atom. The highest BCUT2D eigenvalue weighted by atomic mass is 16.5. The molecule has 0 saturated heterocycles. The van der Waals surface area contributed by atoms with Crippen LogP contribution in [0.2, 0.25) is 0 Å². The summed E-state index contributed by atoms with van der Waals surface area (Å²) in [6, 6.07) is 11.5. The van der Waals surface area contributed by atoms with Crippen LogP contribution in [0.15, 0.2) is 48.5 Å². The zero-order chi connectivity index (χ0) is 35.8. The van der Waals surface area contributed by atoms with Crippen molar-refractivity contribution in [2.45, 2.75) is 57.4 Å². The maximum Gasteiger partial charge on any atom is 0.121 e. The van der Waals surface area contributed by atoms with Gasteiger partial charge in [0.1, 0.15) is 5.75 Å². The molecule has 30 heavy (non-hydrogen) atoms. The first-order chi connectivity index (χ1) is 20.6. The van der Waals surface area contributed by atoms with Gasteiger partial charge in [0, 0.05) is 41.7 Å². The van der Waals surface area contributed by atoms with Crippen molar-refractivity contribution in [2.75, 3.05) is 26.2 Å². The molecule has 0 amide bonds. The number of ether oxygens (including phenoxy) is 1. The number of benzene rings is 2. The van der Waals surface area contributed by atoms with Gasteiger partial charge >= 0.3 is 0 Å². The highest BCUT2D eigenvalue weighted by Gasteiger charge is 2.09. The minimum absolute atomic E-state index is 0.205. The van der Waals surface area contributed by atoms with Gasteiger partial charge in [-0.2, -0.15) is 0 Å². The smallest absolute Gasteiger partial charge is 0.121 e. The van der Waals surface area contributed by atoms with Gasteiger partial charge in [-0.25, -0.2) is 0 Å². The van der Waals surface area contributed by atoms with E-state index in [9.17, 15) is 15.3 Å². The number of rotatable bonds is 16. The average molecular weight is 432 g/mol. The van der Waals surface area contributed by atoms with E-state index in [0.717, 1.165) is 17.7 Å². The second-order valence-corrected chi connectivity index (χ2v) is 6.08. The molecule has 0 aliphatic heterocycles. The van der Waals surface area contributed by atoms with Crippen molar-refractivity contribution in [3.63, 3.8) is 0 Å². The Morgan fingerprint density at radius 2 is 1.80 bits per heavy atom. The van der Waals surface area contributed by atoms with Crippen molar-refractivity contribution < 1.29 is 42.0 Å². The normalized spacial score (nSPS) is 23.9.